The summed E-state index contributed by atoms with van der Waals surface area (Å²) >= 11 is 4.95. The summed E-state index contributed by atoms with van der Waals surface area (Å²) in [6.07, 6.45) is 0. The summed E-state index contributed by atoms with van der Waals surface area (Å²) in [4.78, 5) is 35.4. The van der Waals surface area contributed by atoms with Crippen LogP contribution in [0.4, 0.5) is 4.79 Å². The molecule has 0 bridgehead atoms. The standard InChI is InChI=1S/C7H8N2O3S2/c10-5-4-2-14-7(12)9(4)6(11)3(1-13)8-5/h3-4,13H,1-2H2,(H,8,10). The maximum Gasteiger partial charge on any atom is 0.289 e. The Hall–Kier alpha value is -0.690. The maximum absolute atomic E-state index is 11.6. The number of carbonyl (C=O) groups is 3. The smallest absolute Gasteiger partial charge is 0.289 e. The van der Waals surface area contributed by atoms with E-state index in [2.05, 4.69) is 17.9 Å². The van der Waals surface area contributed by atoms with Crippen molar-refractivity contribution in [2.24, 2.45) is 0 Å². The quantitative estimate of drug-likeness (QED) is 0.597. The van der Waals surface area contributed by atoms with Crippen LogP contribution in [0.2, 0.25) is 0 Å². The Morgan fingerprint density at radius 2 is 2.21 bits per heavy atom. The number of carbonyl (C=O) groups excluding carboxylic acids is 3. The zero-order valence-corrected chi connectivity index (χ0v) is 8.81. The number of imide groups is 1. The molecule has 14 heavy (non-hydrogen) atoms. The SMILES string of the molecule is O=C1NC(CS)C(=O)N2C(=O)SCC12. The lowest BCUT2D eigenvalue weighted by atomic mass is 10.1. The normalized spacial score (nSPS) is 31.8. The van der Waals surface area contributed by atoms with Gasteiger partial charge in [0.15, 0.2) is 0 Å². The highest BCUT2D eigenvalue weighted by atomic mass is 32.2. The minimum Gasteiger partial charge on any atom is -0.342 e. The fourth-order valence-corrected chi connectivity index (χ4v) is 2.68. The molecule has 0 aromatic carbocycles. The van der Waals surface area contributed by atoms with Crippen molar-refractivity contribution in [1.29, 1.82) is 0 Å². The van der Waals surface area contributed by atoms with E-state index in [-0.39, 0.29) is 22.8 Å². The molecule has 2 fully saturated rings. The topological polar surface area (TPSA) is 66.5 Å². The van der Waals surface area contributed by atoms with E-state index in [4.69, 9.17) is 0 Å². The third kappa shape index (κ3) is 1.31. The van der Waals surface area contributed by atoms with E-state index in [0.29, 0.717) is 5.75 Å². The molecule has 3 amide bonds. The fraction of sp³-hybridized carbons (Fsp3) is 0.571. The molecule has 0 aromatic heterocycles. The van der Waals surface area contributed by atoms with Crippen LogP contribution in [0.25, 0.3) is 0 Å². The van der Waals surface area contributed by atoms with Crippen LogP contribution in [0.1, 0.15) is 0 Å². The van der Waals surface area contributed by atoms with Crippen molar-refractivity contribution < 1.29 is 14.4 Å². The van der Waals surface area contributed by atoms with E-state index < -0.39 is 12.1 Å². The molecule has 0 aromatic rings. The predicted molar refractivity (Wildman–Crippen MR) is 54.3 cm³/mol. The third-order valence-corrected chi connectivity index (χ3v) is 3.50. The predicted octanol–water partition coefficient (Wildman–Crippen LogP) is -0.521. The van der Waals surface area contributed by atoms with Gasteiger partial charge in [0.2, 0.25) is 5.91 Å². The minimum atomic E-state index is -0.662. The Morgan fingerprint density at radius 3 is 2.86 bits per heavy atom. The highest BCUT2D eigenvalue weighted by Gasteiger charge is 2.47. The number of thiol groups is 1. The zero-order valence-electron chi connectivity index (χ0n) is 7.10. The first-order valence-electron chi connectivity index (χ1n) is 4.06. The molecule has 0 saturated carbocycles. The van der Waals surface area contributed by atoms with E-state index in [1.165, 1.54) is 0 Å². The first kappa shape index (κ1) is 9.85. The van der Waals surface area contributed by atoms with Crippen molar-refractivity contribution in [3.63, 3.8) is 0 Å². The highest BCUT2D eigenvalue weighted by Crippen LogP contribution is 2.27. The molecule has 2 atom stereocenters. The van der Waals surface area contributed by atoms with Gasteiger partial charge >= 0.3 is 0 Å². The van der Waals surface area contributed by atoms with Crippen LogP contribution in [-0.2, 0) is 9.59 Å². The summed E-state index contributed by atoms with van der Waals surface area (Å²) in [5.74, 6) is -0.0388. The van der Waals surface area contributed by atoms with Gasteiger partial charge in [-0.3, -0.25) is 19.3 Å². The van der Waals surface area contributed by atoms with Gasteiger partial charge in [0.25, 0.3) is 11.1 Å². The van der Waals surface area contributed by atoms with Gasteiger partial charge in [-0.05, 0) is 0 Å². The Labute approximate surface area is 90.0 Å². The maximum atomic E-state index is 11.6. The van der Waals surface area contributed by atoms with Crippen LogP contribution < -0.4 is 5.32 Å². The molecular formula is C7H8N2O3S2. The van der Waals surface area contributed by atoms with Gasteiger partial charge in [-0.2, -0.15) is 12.6 Å². The summed E-state index contributed by atoms with van der Waals surface area (Å²) in [6, 6.07) is -1.28. The molecule has 2 unspecified atom stereocenters. The van der Waals surface area contributed by atoms with Crippen molar-refractivity contribution in [3.05, 3.63) is 0 Å². The molecule has 2 heterocycles. The van der Waals surface area contributed by atoms with Crippen molar-refractivity contribution in [1.82, 2.24) is 10.2 Å². The molecule has 0 radical (unpaired) electrons. The monoisotopic (exact) mass is 232 g/mol. The summed E-state index contributed by atoms with van der Waals surface area (Å²) < 4.78 is 0. The van der Waals surface area contributed by atoms with Crippen molar-refractivity contribution in [2.75, 3.05) is 11.5 Å². The van der Waals surface area contributed by atoms with Crippen LogP contribution >= 0.6 is 24.4 Å². The Morgan fingerprint density at radius 1 is 1.50 bits per heavy atom. The van der Waals surface area contributed by atoms with E-state index in [0.717, 1.165) is 16.7 Å². The fourth-order valence-electron chi connectivity index (χ4n) is 1.48. The molecule has 2 aliphatic heterocycles. The molecule has 5 nitrogen and oxygen atoms in total. The second kappa shape index (κ2) is 3.47. The zero-order chi connectivity index (χ0) is 10.3. The summed E-state index contributed by atoms with van der Waals surface area (Å²) in [5, 5.41) is 2.20. The summed E-state index contributed by atoms with van der Waals surface area (Å²) in [5.41, 5.74) is 0. The molecule has 2 saturated heterocycles. The van der Waals surface area contributed by atoms with Gasteiger partial charge in [0.1, 0.15) is 12.1 Å². The molecule has 7 heteroatoms. The van der Waals surface area contributed by atoms with Crippen molar-refractivity contribution in [3.8, 4) is 0 Å². The number of hydrogen-bond acceptors (Lipinski definition) is 5. The Bertz CT molecular complexity index is 320. The number of piperazine rings is 1. The lowest BCUT2D eigenvalue weighted by Gasteiger charge is -2.31. The average Bonchev–Trinajstić information content (AvgIpc) is 2.54. The number of hydrogen-bond donors (Lipinski definition) is 2. The Kier molecular flexibility index (Phi) is 2.44. The third-order valence-electron chi connectivity index (χ3n) is 2.21. The van der Waals surface area contributed by atoms with Gasteiger partial charge in [-0.25, -0.2) is 0 Å². The van der Waals surface area contributed by atoms with Gasteiger partial charge < -0.3 is 5.32 Å². The van der Waals surface area contributed by atoms with Crippen LogP contribution in [0.3, 0.4) is 0 Å². The van der Waals surface area contributed by atoms with Gasteiger partial charge in [-0.15, -0.1) is 0 Å². The van der Waals surface area contributed by atoms with Crippen molar-refractivity contribution in [2.45, 2.75) is 12.1 Å². The van der Waals surface area contributed by atoms with Gasteiger partial charge in [-0.1, -0.05) is 11.8 Å². The number of fused-ring (bicyclic) bond motifs is 1. The second-order valence-electron chi connectivity index (χ2n) is 3.04. The number of thioether (sulfide) groups is 1. The number of amides is 3. The molecule has 0 aliphatic carbocycles. The van der Waals surface area contributed by atoms with E-state index >= 15 is 0 Å². The molecular weight excluding hydrogens is 224 g/mol. The number of nitrogens with zero attached hydrogens (tertiary/aromatic N) is 1. The van der Waals surface area contributed by atoms with Crippen LogP contribution in [-0.4, -0.2) is 45.5 Å². The van der Waals surface area contributed by atoms with Gasteiger partial charge in [0.05, 0.1) is 0 Å². The van der Waals surface area contributed by atoms with Gasteiger partial charge in [0, 0.05) is 11.5 Å². The number of rotatable bonds is 1. The lowest BCUT2D eigenvalue weighted by Crippen LogP contribution is -2.63. The van der Waals surface area contributed by atoms with E-state index in [1.807, 2.05) is 0 Å². The largest absolute Gasteiger partial charge is 0.342 e. The van der Waals surface area contributed by atoms with Crippen LogP contribution in [0.5, 0.6) is 0 Å². The van der Waals surface area contributed by atoms with E-state index in [9.17, 15) is 14.4 Å². The molecule has 2 rings (SSSR count). The molecule has 2 aliphatic rings. The number of nitrogens with one attached hydrogen (secondary N) is 1. The highest BCUT2D eigenvalue weighted by molar-refractivity contribution is 8.14. The Balaban J connectivity index is 2.28. The summed E-state index contributed by atoms with van der Waals surface area (Å²) in [7, 11) is 0. The lowest BCUT2D eigenvalue weighted by molar-refractivity contribution is -0.143. The first-order valence-corrected chi connectivity index (χ1v) is 5.68. The molecule has 76 valence electrons. The average molecular weight is 232 g/mol. The molecule has 1 N–H and O–H groups in total. The first-order chi connectivity index (χ1) is 6.65. The van der Waals surface area contributed by atoms with Crippen LogP contribution in [0, 0.1) is 0 Å². The van der Waals surface area contributed by atoms with Crippen molar-refractivity contribution >= 4 is 41.4 Å². The molecule has 0 spiro atoms. The minimum absolute atomic E-state index is 0.214. The second-order valence-corrected chi connectivity index (χ2v) is 4.38. The van der Waals surface area contributed by atoms with Crippen LogP contribution in [0.15, 0.2) is 0 Å². The summed E-state index contributed by atoms with van der Waals surface area (Å²) in [6.45, 7) is 0. The van der Waals surface area contributed by atoms with E-state index in [1.54, 1.807) is 0 Å².